The van der Waals surface area contributed by atoms with Crippen LogP contribution >= 0.6 is 11.8 Å². The molecule has 0 fully saturated rings. The smallest absolute Gasteiger partial charge is 0.0188 e. The SMILES string of the molecule is CC1=CC2=C(CCCC2CN)SC1. The van der Waals surface area contributed by atoms with Crippen LogP contribution in [0.5, 0.6) is 0 Å². The fourth-order valence-corrected chi connectivity index (χ4v) is 3.31. The predicted molar refractivity (Wildman–Crippen MR) is 59.6 cm³/mol. The largest absolute Gasteiger partial charge is 0.330 e. The highest BCUT2D eigenvalue weighted by molar-refractivity contribution is 8.03. The monoisotopic (exact) mass is 195 g/mol. The van der Waals surface area contributed by atoms with Gasteiger partial charge in [0, 0.05) is 5.75 Å². The van der Waals surface area contributed by atoms with E-state index in [1.165, 1.54) is 30.6 Å². The number of thioether (sulfide) groups is 1. The average Bonchev–Trinajstić information content (AvgIpc) is 2.17. The van der Waals surface area contributed by atoms with Gasteiger partial charge in [0.05, 0.1) is 0 Å². The summed E-state index contributed by atoms with van der Waals surface area (Å²) in [6.45, 7) is 3.04. The van der Waals surface area contributed by atoms with E-state index in [1.54, 1.807) is 10.5 Å². The molecule has 0 radical (unpaired) electrons. The molecule has 2 aliphatic rings. The molecule has 72 valence electrons. The predicted octanol–water partition coefficient (Wildman–Crippen LogP) is 2.69. The molecule has 1 heterocycles. The Morgan fingerprint density at radius 2 is 2.46 bits per heavy atom. The molecule has 0 aromatic carbocycles. The van der Waals surface area contributed by atoms with E-state index in [0.717, 1.165) is 6.54 Å². The third-order valence-corrected chi connectivity index (χ3v) is 4.27. The van der Waals surface area contributed by atoms with Gasteiger partial charge >= 0.3 is 0 Å². The highest BCUT2D eigenvalue weighted by Crippen LogP contribution is 2.40. The minimum Gasteiger partial charge on any atom is -0.330 e. The summed E-state index contributed by atoms with van der Waals surface area (Å²) in [4.78, 5) is 1.62. The van der Waals surface area contributed by atoms with Gasteiger partial charge in [0.25, 0.3) is 0 Å². The Bertz CT molecular complexity index is 265. The van der Waals surface area contributed by atoms with E-state index < -0.39 is 0 Å². The van der Waals surface area contributed by atoms with Crippen molar-refractivity contribution in [2.45, 2.75) is 26.2 Å². The van der Waals surface area contributed by atoms with Crippen LogP contribution in [0.2, 0.25) is 0 Å². The zero-order chi connectivity index (χ0) is 9.26. The maximum Gasteiger partial charge on any atom is 0.0188 e. The van der Waals surface area contributed by atoms with Crippen LogP contribution in [0, 0.1) is 5.92 Å². The first-order chi connectivity index (χ1) is 6.31. The molecule has 1 aliphatic carbocycles. The lowest BCUT2D eigenvalue weighted by Gasteiger charge is -2.28. The van der Waals surface area contributed by atoms with Crippen molar-refractivity contribution in [1.82, 2.24) is 0 Å². The summed E-state index contributed by atoms with van der Waals surface area (Å²) in [6.07, 6.45) is 6.29. The summed E-state index contributed by atoms with van der Waals surface area (Å²) >= 11 is 2.03. The molecule has 0 saturated carbocycles. The van der Waals surface area contributed by atoms with Crippen LogP contribution in [0.4, 0.5) is 0 Å². The second kappa shape index (κ2) is 3.89. The molecule has 0 amide bonds. The molecule has 0 saturated heterocycles. The summed E-state index contributed by atoms with van der Waals surface area (Å²) in [5.41, 5.74) is 8.84. The maximum absolute atomic E-state index is 5.78. The molecule has 0 bridgehead atoms. The third kappa shape index (κ3) is 1.84. The van der Waals surface area contributed by atoms with Crippen molar-refractivity contribution in [3.63, 3.8) is 0 Å². The molecule has 2 N–H and O–H groups in total. The van der Waals surface area contributed by atoms with Crippen molar-refractivity contribution in [2.75, 3.05) is 12.3 Å². The highest BCUT2D eigenvalue weighted by Gasteiger charge is 2.23. The molecule has 1 unspecified atom stereocenters. The van der Waals surface area contributed by atoms with Crippen LogP contribution < -0.4 is 5.73 Å². The first-order valence-corrected chi connectivity index (χ1v) is 6.03. The van der Waals surface area contributed by atoms with E-state index in [0.29, 0.717) is 5.92 Å². The minimum atomic E-state index is 0.645. The molecule has 1 aliphatic heterocycles. The maximum atomic E-state index is 5.78. The number of hydrogen-bond donors (Lipinski definition) is 1. The summed E-state index contributed by atoms with van der Waals surface area (Å²) in [5, 5.41) is 0. The van der Waals surface area contributed by atoms with Gasteiger partial charge in [-0.2, -0.15) is 0 Å². The number of rotatable bonds is 1. The summed E-state index contributed by atoms with van der Waals surface area (Å²) < 4.78 is 0. The molecular formula is C11H17NS. The normalized spacial score (nSPS) is 28.5. The van der Waals surface area contributed by atoms with Crippen LogP contribution in [0.15, 0.2) is 22.1 Å². The molecule has 2 heteroatoms. The fraction of sp³-hybridized carbons (Fsp3) is 0.636. The first-order valence-electron chi connectivity index (χ1n) is 5.04. The standard InChI is InChI=1S/C11H17NS/c1-8-5-10-9(6-12)3-2-4-11(10)13-7-8/h5,9H,2-4,6-7,12H2,1H3. The Labute approximate surface area is 84.5 Å². The van der Waals surface area contributed by atoms with Crippen LogP contribution in [-0.2, 0) is 0 Å². The second-order valence-electron chi connectivity index (χ2n) is 3.98. The highest BCUT2D eigenvalue weighted by atomic mass is 32.2. The molecule has 0 aromatic heterocycles. The number of hydrogen-bond acceptors (Lipinski definition) is 2. The molecule has 1 nitrogen and oxygen atoms in total. The van der Waals surface area contributed by atoms with Gasteiger partial charge in [-0.25, -0.2) is 0 Å². The lowest BCUT2D eigenvalue weighted by Crippen LogP contribution is -2.21. The number of nitrogens with two attached hydrogens (primary N) is 1. The average molecular weight is 195 g/mol. The molecule has 2 rings (SSSR count). The van der Waals surface area contributed by atoms with Crippen LogP contribution in [0.3, 0.4) is 0 Å². The third-order valence-electron chi connectivity index (χ3n) is 2.88. The van der Waals surface area contributed by atoms with Crippen molar-refractivity contribution in [3.05, 3.63) is 22.1 Å². The van der Waals surface area contributed by atoms with E-state index in [2.05, 4.69) is 13.0 Å². The number of allylic oxidation sites excluding steroid dienone is 2. The van der Waals surface area contributed by atoms with Gasteiger partial charge in [-0.1, -0.05) is 11.6 Å². The van der Waals surface area contributed by atoms with Gasteiger partial charge in [-0.3, -0.25) is 0 Å². The van der Waals surface area contributed by atoms with Crippen LogP contribution in [0.1, 0.15) is 26.2 Å². The van der Waals surface area contributed by atoms with E-state index in [4.69, 9.17) is 5.73 Å². The topological polar surface area (TPSA) is 26.0 Å². The molecule has 1 atom stereocenters. The summed E-state index contributed by atoms with van der Waals surface area (Å²) in [7, 11) is 0. The Kier molecular flexibility index (Phi) is 2.80. The van der Waals surface area contributed by atoms with Gasteiger partial charge in [0.1, 0.15) is 0 Å². The Balaban J connectivity index is 2.28. The molecule has 13 heavy (non-hydrogen) atoms. The Morgan fingerprint density at radius 3 is 3.23 bits per heavy atom. The Morgan fingerprint density at radius 1 is 1.62 bits per heavy atom. The first kappa shape index (κ1) is 9.35. The molecule has 0 spiro atoms. The van der Waals surface area contributed by atoms with Gasteiger partial charge in [-0.15, -0.1) is 11.8 Å². The summed E-state index contributed by atoms with van der Waals surface area (Å²) in [5.74, 6) is 1.84. The fourth-order valence-electron chi connectivity index (χ4n) is 2.14. The lowest BCUT2D eigenvalue weighted by atomic mass is 9.86. The Hall–Kier alpha value is -0.210. The van der Waals surface area contributed by atoms with Crippen molar-refractivity contribution in [3.8, 4) is 0 Å². The van der Waals surface area contributed by atoms with Gasteiger partial charge in [0.15, 0.2) is 0 Å². The van der Waals surface area contributed by atoms with E-state index in [1.807, 2.05) is 11.8 Å². The van der Waals surface area contributed by atoms with E-state index in [9.17, 15) is 0 Å². The van der Waals surface area contributed by atoms with Crippen molar-refractivity contribution >= 4 is 11.8 Å². The zero-order valence-electron chi connectivity index (χ0n) is 8.18. The minimum absolute atomic E-state index is 0.645. The molecule has 0 aromatic rings. The van der Waals surface area contributed by atoms with Gasteiger partial charge in [-0.05, 0) is 49.1 Å². The quantitative estimate of drug-likeness (QED) is 0.696. The van der Waals surface area contributed by atoms with Crippen LogP contribution in [0.25, 0.3) is 0 Å². The molecular weight excluding hydrogens is 178 g/mol. The lowest BCUT2D eigenvalue weighted by molar-refractivity contribution is 0.525. The van der Waals surface area contributed by atoms with Gasteiger partial charge < -0.3 is 5.73 Å². The van der Waals surface area contributed by atoms with Crippen molar-refractivity contribution < 1.29 is 0 Å². The van der Waals surface area contributed by atoms with Gasteiger partial charge in [0.2, 0.25) is 0 Å². The van der Waals surface area contributed by atoms with Crippen molar-refractivity contribution in [1.29, 1.82) is 0 Å². The summed E-state index contributed by atoms with van der Waals surface area (Å²) in [6, 6.07) is 0. The zero-order valence-corrected chi connectivity index (χ0v) is 8.99. The van der Waals surface area contributed by atoms with E-state index in [-0.39, 0.29) is 0 Å². The second-order valence-corrected chi connectivity index (χ2v) is 5.05. The van der Waals surface area contributed by atoms with Crippen molar-refractivity contribution in [2.24, 2.45) is 11.7 Å². The van der Waals surface area contributed by atoms with Crippen LogP contribution in [-0.4, -0.2) is 12.3 Å². The van der Waals surface area contributed by atoms with E-state index >= 15 is 0 Å².